The van der Waals surface area contributed by atoms with Gasteiger partial charge in [-0.3, -0.25) is 19.3 Å². The minimum atomic E-state index is -1.19. The Balaban J connectivity index is 1.73. The molecule has 3 amide bonds. The summed E-state index contributed by atoms with van der Waals surface area (Å²) in [6, 6.07) is -0.908. The molecule has 1 saturated heterocycles. The molecule has 0 aliphatic carbocycles. The van der Waals surface area contributed by atoms with Crippen LogP contribution in [0.15, 0.2) is 22.3 Å². The summed E-state index contributed by atoms with van der Waals surface area (Å²) in [5, 5.41) is 19.5. The van der Waals surface area contributed by atoms with Crippen LogP contribution in [0.5, 0.6) is 0 Å². The summed E-state index contributed by atoms with van der Waals surface area (Å²) < 4.78 is 0. The van der Waals surface area contributed by atoms with Gasteiger partial charge >= 0.3 is 5.97 Å². The molecule has 0 radical (unpaired) electrons. The second-order valence-corrected chi connectivity index (χ2v) is 9.74. The van der Waals surface area contributed by atoms with Gasteiger partial charge < -0.3 is 20.6 Å². The highest BCUT2D eigenvalue weighted by molar-refractivity contribution is 8.00. The number of thioether (sulfide) groups is 1. The zero-order chi connectivity index (χ0) is 24.0. The molecule has 3 atom stereocenters. The largest absolute Gasteiger partial charge is 0.477 e. The molecule has 0 aromatic carbocycles. The van der Waals surface area contributed by atoms with Gasteiger partial charge in [0.25, 0.3) is 11.8 Å². The molecule has 1 fully saturated rings. The van der Waals surface area contributed by atoms with Gasteiger partial charge in [-0.05, 0) is 25.8 Å². The van der Waals surface area contributed by atoms with Crippen molar-refractivity contribution in [3.63, 3.8) is 0 Å². The number of aromatic nitrogens is 1. The Labute approximate surface area is 198 Å². The van der Waals surface area contributed by atoms with Crippen LogP contribution in [0.25, 0.3) is 0 Å². The number of nitrogens with zero attached hydrogens (tertiary/aromatic N) is 3. The molecule has 3 N–H and O–H groups in total. The van der Waals surface area contributed by atoms with E-state index in [9.17, 15) is 24.3 Å². The molecule has 2 unspecified atom stereocenters. The number of thiazole rings is 1. The summed E-state index contributed by atoms with van der Waals surface area (Å²) in [6.07, 6.45) is 5.87. The first-order valence-electron chi connectivity index (χ1n) is 10.5. The molecule has 1 aromatic rings. The quantitative estimate of drug-likeness (QED) is 0.131. The first-order valence-corrected chi connectivity index (χ1v) is 12.3. The predicted molar refractivity (Wildman–Crippen MR) is 124 cm³/mol. The lowest BCUT2D eigenvalue weighted by Crippen LogP contribution is -2.71. The topological polar surface area (TPSA) is 150 Å². The van der Waals surface area contributed by atoms with E-state index in [0.717, 1.165) is 37.0 Å². The minimum Gasteiger partial charge on any atom is -0.477 e. The number of nitrogens with one attached hydrogen (secondary N) is 2. The Morgan fingerprint density at radius 2 is 2.15 bits per heavy atom. The lowest BCUT2D eigenvalue weighted by atomic mass is 10.0. The summed E-state index contributed by atoms with van der Waals surface area (Å²) in [7, 11) is 0. The highest BCUT2D eigenvalue weighted by atomic mass is 32.2. The van der Waals surface area contributed by atoms with Crippen molar-refractivity contribution in [1.29, 1.82) is 0 Å². The van der Waals surface area contributed by atoms with Gasteiger partial charge in [0.2, 0.25) is 6.41 Å². The van der Waals surface area contributed by atoms with E-state index in [4.69, 9.17) is 4.84 Å². The van der Waals surface area contributed by atoms with Crippen molar-refractivity contribution in [1.82, 2.24) is 15.2 Å². The van der Waals surface area contributed by atoms with Crippen LogP contribution in [0.4, 0.5) is 5.13 Å². The molecule has 0 bridgehead atoms. The maximum atomic E-state index is 13.0. The molecule has 1 aromatic heterocycles. The van der Waals surface area contributed by atoms with Crippen molar-refractivity contribution in [2.24, 2.45) is 5.16 Å². The standard InChI is InChI=1S/C20H25N5O6S2/c1-3-4-5-6-7-31-24-14(12-9-32-20(22-12)21-10-26)16(27)23-15-17(28)25-13(19(29)30)8-11(2)33-18(15)25/h8-11,15,18H,3-7H2,1-2H3,(H,23,27)(H,29,30)(H,21,22,26)/t11?,15?,18-/m0/s1. The molecule has 178 valence electrons. The third-order valence-corrected chi connectivity index (χ3v) is 7.05. The van der Waals surface area contributed by atoms with Gasteiger partial charge in [0.1, 0.15) is 29.4 Å². The number of β-lactam (4-membered cyclic amide) rings is 1. The molecule has 33 heavy (non-hydrogen) atoms. The van der Waals surface area contributed by atoms with E-state index in [0.29, 0.717) is 13.0 Å². The number of carbonyl (C=O) groups is 4. The highest BCUT2D eigenvalue weighted by Crippen LogP contribution is 2.40. The number of carbonyl (C=O) groups excluding carboxylic acids is 3. The minimum absolute atomic E-state index is 0.0878. The maximum absolute atomic E-state index is 13.0. The van der Waals surface area contributed by atoms with E-state index in [1.165, 1.54) is 22.7 Å². The smallest absolute Gasteiger partial charge is 0.352 e. The van der Waals surface area contributed by atoms with Gasteiger partial charge in [0.05, 0.1) is 0 Å². The second kappa shape index (κ2) is 11.3. The Morgan fingerprint density at radius 1 is 1.36 bits per heavy atom. The third-order valence-electron chi connectivity index (χ3n) is 4.94. The number of hydrogen-bond donors (Lipinski definition) is 3. The van der Waals surface area contributed by atoms with E-state index >= 15 is 0 Å². The van der Waals surface area contributed by atoms with Crippen LogP contribution in [-0.4, -0.2) is 68.2 Å². The summed E-state index contributed by atoms with van der Waals surface area (Å²) in [4.78, 5) is 58.5. The molecule has 3 rings (SSSR count). The fourth-order valence-corrected chi connectivity index (χ4v) is 5.33. The molecular weight excluding hydrogens is 470 g/mol. The summed E-state index contributed by atoms with van der Waals surface area (Å²) >= 11 is 2.48. The molecule has 2 aliphatic rings. The van der Waals surface area contributed by atoms with Crippen molar-refractivity contribution in [3.05, 3.63) is 22.8 Å². The van der Waals surface area contributed by atoms with E-state index in [-0.39, 0.29) is 27.5 Å². The Morgan fingerprint density at radius 3 is 2.85 bits per heavy atom. The molecule has 2 aliphatic heterocycles. The SMILES string of the molecule is CCCCCCON=C(C(=O)NC1C(=O)N2C(C(=O)O)=CC(C)S[C@@H]12)c1csc(NC=O)n1. The number of oxime groups is 1. The van der Waals surface area contributed by atoms with Crippen LogP contribution in [-0.2, 0) is 24.0 Å². The average Bonchev–Trinajstić information content (AvgIpc) is 3.24. The number of anilines is 1. The number of carboxylic acid groups (broad SMARTS) is 1. The van der Waals surface area contributed by atoms with Crippen LogP contribution in [0.3, 0.4) is 0 Å². The van der Waals surface area contributed by atoms with Crippen LogP contribution >= 0.6 is 23.1 Å². The van der Waals surface area contributed by atoms with Crippen LogP contribution < -0.4 is 10.6 Å². The second-order valence-electron chi connectivity index (χ2n) is 7.38. The Hall–Kier alpha value is -2.93. The molecule has 13 heteroatoms. The summed E-state index contributed by atoms with van der Waals surface area (Å²) in [5.41, 5.74) is -0.0280. The van der Waals surface area contributed by atoms with Crippen LogP contribution in [0, 0.1) is 0 Å². The van der Waals surface area contributed by atoms with Crippen molar-refractivity contribution < 1.29 is 29.1 Å². The van der Waals surface area contributed by atoms with E-state index in [1.54, 1.807) is 5.38 Å². The number of aliphatic carboxylic acids is 1. The van der Waals surface area contributed by atoms with Crippen molar-refractivity contribution in [2.45, 2.75) is 56.2 Å². The zero-order valence-corrected chi connectivity index (χ0v) is 19.8. The molecule has 11 nitrogen and oxygen atoms in total. The zero-order valence-electron chi connectivity index (χ0n) is 18.1. The fourth-order valence-electron chi connectivity index (χ4n) is 3.35. The summed E-state index contributed by atoms with van der Waals surface area (Å²) in [6.45, 7) is 4.24. The van der Waals surface area contributed by atoms with Gasteiger partial charge in [0.15, 0.2) is 10.8 Å². The summed E-state index contributed by atoms with van der Waals surface area (Å²) in [5.74, 6) is -2.38. The monoisotopic (exact) mass is 495 g/mol. The first-order chi connectivity index (χ1) is 15.9. The third kappa shape index (κ3) is 5.71. The number of hydrogen-bond acceptors (Lipinski definition) is 9. The molecule has 3 heterocycles. The first kappa shape index (κ1) is 24.7. The molecule has 0 saturated carbocycles. The lowest BCUT2D eigenvalue weighted by Gasteiger charge is -2.49. The molecule has 0 spiro atoms. The van der Waals surface area contributed by atoms with Gasteiger partial charge in [-0.2, -0.15) is 0 Å². The van der Waals surface area contributed by atoms with Crippen molar-refractivity contribution in [2.75, 3.05) is 11.9 Å². The Kier molecular flexibility index (Phi) is 8.44. The van der Waals surface area contributed by atoms with Gasteiger partial charge in [0, 0.05) is 10.6 Å². The van der Waals surface area contributed by atoms with Crippen molar-refractivity contribution in [3.8, 4) is 0 Å². The van der Waals surface area contributed by atoms with Gasteiger partial charge in [-0.25, -0.2) is 9.78 Å². The maximum Gasteiger partial charge on any atom is 0.352 e. The number of rotatable bonds is 12. The van der Waals surface area contributed by atoms with Crippen LogP contribution in [0.2, 0.25) is 0 Å². The highest BCUT2D eigenvalue weighted by Gasteiger charge is 2.54. The van der Waals surface area contributed by atoms with Gasteiger partial charge in [-0.15, -0.1) is 23.1 Å². The predicted octanol–water partition coefficient (Wildman–Crippen LogP) is 1.77. The average molecular weight is 496 g/mol. The number of amides is 3. The normalized spacial score (nSPS) is 22.1. The number of carboxylic acids is 1. The van der Waals surface area contributed by atoms with E-state index in [2.05, 4.69) is 27.7 Å². The van der Waals surface area contributed by atoms with Gasteiger partial charge in [-0.1, -0.05) is 24.9 Å². The number of unbranched alkanes of at least 4 members (excludes halogenated alkanes) is 3. The van der Waals surface area contributed by atoms with E-state index in [1.807, 2.05) is 6.92 Å². The Bertz CT molecular complexity index is 978. The van der Waals surface area contributed by atoms with E-state index < -0.39 is 29.2 Å². The van der Waals surface area contributed by atoms with Crippen molar-refractivity contribution >= 4 is 58.1 Å². The molecular formula is C20H25N5O6S2. The van der Waals surface area contributed by atoms with Crippen LogP contribution in [0.1, 0.15) is 45.2 Å². The number of fused-ring (bicyclic) bond motifs is 1. The lowest BCUT2D eigenvalue weighted by molar-refractivity contribution is -0.150. The fraction of sp³-hybridized carbons (Fsp3) is 0.500.